The molecule has 0 unspecified atom stereocenters. The Morgan fingerprint density at radius 1 is 0.957 bits per heavy atom. The van der Waals surface area contributed by atoms with E-state index < -0.39 is 23.5 Å². The Morgan fingerprint density at radius 3 is 2.48 bits per heavy atom. The lowest BCUT2D eigenvalue weighted by Gasteiger charge is -2.18. The van der Waals surface area contributed by atoms with Gasteiger partial charge in [-0.05, 0) is 41.5 Å². The van der Waals surface area contributed by atoms with Crippen LogP contribution in [0.1, 0.15) is 22.9 Å². The summed E-state index contributed by atoms with van der Waals surface area (Å²) in [4.78, 5) is 0. The third-order valence-corrected chi connectivity index (χ3v) is 4.16. The van der Waals surface area contributed by atoms with Gasteiger partial charge in [-0.1, -0.05) is 18.2 Å². The van der Waals surface area contributed by atoms with Crippen LogP contribution in [-0.2, 0) is 6.54 Å². The first kappa shape index (κ1) is 14.1. The Hall–Kier alpha value is -2.53. The van der Waals surface area contributed by atoms with Crippen molar-refractivity contribution in [3.63, 3.8) is 0 Å². The topological polar surface area (TPSA) is 17.0 Å². The van der Waals surface area contributed by atoms with Crippen LogP contribution in [0, 0.1) is 17.5 Å². The molecule has 1 atom stereocenters. The molecule has 0 fully saturated rings. The SMILES string of the molecule is Fc1cc([C@@H]2NCc3ccccc3-n3cccc32)cc(F)c1F. The molecule has 0 radical (unpaired) electrons. The van der Waals surface area contributed by atoms with E-state index in [1.54, 1.807) is 0 Å². The molecule has 0 amide bonds. The van der Waals surface area contributed by atoms with E-state index in [2.05, 4.69) is 5.32 Å². The highest BCUT2D eigenvalue weighted by Gasteiger charge is 2.24. The molecule has 2 nitrogen and oxygen atoms in total. The van der Waals surface area contributed by atoms with E-state index in [0.29, 0.717) is 12.1 Å². The van der Waals surface area contributed by atoms with Gasteiger partial charge in [0, 0.05) is 24.1 Å². The van der Waals surface area contributed by atoms with Crippen LogP contribution in [0.4, 0.5) is 13.2 Å². The lowest BCUT2D eigenvalue weighted by molar-refractivity contribution is 0.442. The Balaban J connectivity index is 1.87. The van der Waals surface area contributed by atoms with Crippen LogP contribution in [0.25, 0.3) is 5.69 Å². The van der Waals surface area contributed by atoms with Gasteiger partial charge in [-0.3, -0.25) is 0 Å². The first-order valence-electron chi connectivity index (χ1n) is 7.28. The third kappa shape index (κ3) is 2.24. The Kier molecular flexibility index (Phi) is 3.23. The lowest BCUT2D eigenvalue weighted by atomic mass is 10.0. The number of hydrogen-bond acceptors (Lipinski definition) is 1. The van der Waals surface area contributed by atoms with Gasteiger partial charge in [0.1, 0.15) is 0 Å². The van der Waals surface area contributed by atoms with Gasteiger partial charge >= 0.3 is 0 Å². The maximum absolute atomic E-state index is 13.6. The number of benzene rings is 2. The Labute approximate surface area is 131 Å². The van der Waals surface area contributed by atoms with Crippen molar-refractivity contribution in [3.05, 3.63) is 89.0 Å². The summed E-state index contributed by atoms with van der Waals surface area (Å²) >= 11 is 0. The number of aromatic nitrogens is 1. The number of fused-ring (bicyclic) bond motifs is 3. The minimum absolute atomic E-state index is 0.356. The van der Waals surface area contributed by atoms with Crippen LogP contribution >= 0.6 is 0 Å². The van der Waals surface area contributed by atoms with Crippen molar-refractivity contribution in [3.8, 4) is 5.69 Å². The fourth-order valence-corrected chi connectivity index (χ4v) is 3.09. The van der Waals surface area contributed by atoms with Gasteiger partial charge in [0.05, 0.1) is 6.04 Å². The summed E-state index contributed by atoms with van der Waals surface area (Å²) < 4.78 is 42.4. The minimum atomic E-state index is -1.44. The van der Waals surface area contributed by atoms with Crippen molar-refractivity contribution in [2.45, 2.75) is 12.6 Å². The zero-order valence-corrected chi connectivity index (χ0v) is 12.1. The summed E-state index contributed by atoms with van der Waals surface area (Å²) in [5, 5.41) is 3.29. The minimum Gasteiger partial charge on any atom is -0.319 e. The Bertz CT molecular complexity index is 862. The van der Waals surface area contributed by atoms with Gasteiger partial charge in [-0.25, -0.2) is 13.2 Å². The summed E-state index contributed by atoms with van der Waals surface area (Å²) in [5.41, 5.74) is 3.30. The molecule has 4 rings (SSSR count). The molecule has 3 aromatic rings. The van der Waals surface area contributed by atoms with Crippen molar-refractivity contribution < 1.29 is 13.2 Å². The van der Waals surface area contributed by atoms with Gasteiger partial charge in [-0.15, -0.1) is 0 Å². The molecule has 0 aliphatic carbocycles. The largest absolute Gasteiger partial charge is 0.319 e. The molecule has 5 heteroatoms. The molecule has 0 bridgehead atoms. The number of hydrogen-bond donors (Lipinski definition) is 1. The monoisotopic (exact) mass is 314 g/mol. The summed E-state index contributed by atoms with van der Waals surface area (Å²) in [7, 11) is 0. The first-order chi connectivity index (χ1) is 11.1. The van der Waals surface area contributed by atoms with Crippen molar-refractivity contribution in [2.75, 3.05) is 0 Å². The molecule has 0 saturated carbocycles. The van der Waals surface area contributed by atoms with E-state index in [4.69, 9.17) is 0 Å². The van der Waals surface area contributed by atoms with Crippen LogP contribution < -0.4 is 5.32 Å². The van der Waals surface area contributed by atoms with E-state index in [1.165, 1.54) is 0 Å². The number of halogens is 3. The summed E-state index contributed by atoms with van der Waals surface area (Å²) in [5.74, 6) is -3.80. The quantitative estimate of drug-likeness (QED) is 0.670. The summed E-state index contributed by atoms with van der Waals surface area (Å²) in [6.07, 6.45) is 1.91. The van der Waals surface area contributed by atoms with Gasteiger partial charge < -0.3 is 9.88 Å². The van der Waals surface area contributed by atoms with E-state index in [0.717, 1.165) is 29.1 Å². The molecule has 23 heavy (non-hydrogen) atoms. The summed E-state index contributed by atoms with van der Waals surface area (Å²) in [6, 6.07) is 13.3. The average molecular weight is 314 g/mol. The second kappa shape index (κ2) is 5.28. The maximum atomic E-state index is 13.6. The summed E-state index contributed by atoms with van der Waals surface area (Å²) in [6.45, 7) is 0.545. The lowest BCUT2D eigenvalue weighted by Crippen LogP contribution is -2.21. The van der Waals surface area contributed by atoms with E-state index in [1.807, 2.05) is 47.2 Å². The zero-order valence-electron chi connectivity index (χ0n) is 12.1. The molecule has 1 aliphatic heterocycles. The van der Waals surface area contributed by atoms with Crippen molar-refractivity contribution >= 4 is 0 Å². The fraction of sp³-hybridized carbons (Fsp3) is 0.111. The molecular weight excluding hydrogens is 301 g/mol. The number of nitrogens with zero attached hydrogens (tertiary/aromatic N) is 1. The van der Waals surface area contributed by atoms with Crippen molar-refractivity contribution in [2.24, 2.45) is 0 Å². The van der Waals surface area contributed by atoms with Crippen molar-refractivity contribution in [1.29, 1.82) is 0 Å². The first-order valence-corrected chi connectivity index (χ1v) is 7.28. The van der Waals surface area contributed by atoms with E-state index in [-0.39, 0.29) is 0 Å². The van der Waals surface area contributed by atoms with E-state index in [9.17, 15) is 13.2 Å². The molecule has 2 heterocycles. The fourth-order valence-electron chi connectivity index (χ4n) is 3.09. The number of rotatable bonds is 1. The predicted molar refractivity (Wildman–Crippen MR) is 80.8 cm³/mol. The van der Waals surface area contributed by atoms with Crippen LogP contribution in [0.5, 0.6) is 0 Å². The second-order valence-corrected chi connectivity index (χ2v) is 5.54. The maximum Gasteiger partial charge on any atom is 0.194 e. The van der Waals surface area contributed by atoms with Gasteiger partial charge in [0.15, 0.2) is 17.5 Å². The highest BCUT2D eigenvalue weighted by Crippen LogP contribution is 2.31. The molecule has 2 aromatic carbocycles. The van der Waals surface area contributed by atoms with Crippen LogP contribution in [0.15, 0.2) is 54.7 Å². The van der Waals surface area contributed by atoms with Gasteiger partial charge in [-0.2, -0.15) is 0 Å². The van der Waals surface area contributed by atoms with Gasteiger partial charge in [0.25, 0.3) is 0 Å². The molecule has 1 aliphatic rings. The molecule has 116 valence electrons. The smallest absolute Gasteiger partial charge is 0.194 e. The molecule has 0 saturated heterocycles. The van der Waals surface area contributed by atoms with Crippen molar-refractivity contribution in [1.82, 2.24) is 9.88 Å². The van der Waals surface area contributed by atoms with E-state index >= 15 is 0 Å². The average Bonchev–Trinajstić information content (AvgIpc) is 2.96. The number of nitrogens with one attached hydrogen (secondary N) is 1. The zero-order chi connectivity index (χ0) is 16.0. The van der Waals surface area contributed by atoms with Gasteiger partial charge in [0.2, 0.25) is 0 Å². The molecule has 1 aromatic heterocycles. The third-order valence-electron chi connectivity index (χ3n) is 4.16. The molecule has 1 N–H and O–H groups in total. The van der Waals surface area contributed by atoms with Crippen LogP contribution in [0.2, 0.25) is 0 Å². The predicted octanol–water partition coefficient (Wildman–Crippen LogP) is 4.09. The highest BCUT2D eigenvalue weighted by molar-refractivity contribution is 5.46. The molecule has 0 spiro atoms. The normalized spacial score (nSPS) is 16.6. The van der Waals surface area contributed by atoms with Crippen LogP contribution in [0.3, 0.4) is 0 Å². The number of para-hydroxylation sites is 1. The van der Waals surface area contributed by atoms with Crippen LogP contribution in [-0.4, -0.2) is 4.57 Å². The second-order valence-electron chi connectivity index (χ2n) is 5.54. The standard InChI is InChI=1S/C18H13F3N2/c19-13-8-12(9-14(20)17(13)21)18-16-6-3-7-23(16)15-5-2-1-4-11(15)10-22-18/h1-9,18,22H,10H2/t18-/m0/s1. The Morgan fingerprint density at radius 2 is 1.70 bits per heavy atom. The molecular formula is C18H13F3N2. The highest BCUT2D eigenvalue weighted by atomic mass is 19.2.